The Morgan fingerprint density at radius 2 is 1.81 bits per heavy atom. The van der Waals surface area contributed by atoms with E-state index in [1.165, 1.54) is 23.5 Å². The van der Waals surface area contributed by atoms with Crippen LogP contribution >= 0.6 is 22.9 Å². The molecule has 31 heavy (non-hydrogen) atoms. The molecule has 2 heterocycles. The maximum Gasteiger partial charge on any atom is 0.261 e. The summed E-state index contributed by atoms with van der Waals surface area (Å²) >= 11 is 7.38. The minimum absolute atomic E-state index is 0.354. The van der Waals surface area contributed by atoms with Crippen LogP contribution in [0.4, 0.5) is 9.52 Å². The van der Waals surface area contributed by atoms with Gasteiger partial charge < -0.3 is 0 Å². The molecule has 0 fully saturated rings. The molecule has 0 saturated carbocycles. The number of carbonyl (C=O) groups is 1. The Kier molecular flexibility index (Phi) is 4.97. The molecule has 5 rings (SSSR count). The van der Waals surface area contributed by atoms with Crippen molar-refractivity contribution >= 4 is 44.2 Å². The first-order valence-electron chi connectivity index (χ1n) is 9.35. The van der Waals surface area contributed by atoms with Gasteiger partial charge in [0, 0.05) is 16.8 Å². The van der Waals surface area contributed by atoms with E-state index in [1.807, 2.05) is 36.4 Å². The van der Waals surface area contributed by atoms with E-state index in [-0.39, 0.29) is 11.7 Å². The van der Waals surface area contributed by atoms with Crippen LogP contribution < -0.4 is 5.32 Å². The van der Waals surface area contributed by atoms with Gasteiger partial charge in [-0.3, -0.25) is 10.1 Å². The molecule has 0 bridgehead atoms. The predicted octanol–water partition coefficient (Wildman–Crippen LogP) is 6.19. The van der Waals surface area contributed by atoms with Gasteiger partial charge >= 0.3 is 0 Å². The van der Waals surface area contributed by atoms with E-state index in [2.05, 4.69) is 15.4 Å². The summed E-state index contributed by atoms with van der Waals surface area (Å²) in [6.07, 6.45) is 1.66. The van der Waals surface area contributed by atoms with Crippen molar-refractivity contribution in [3.63, 3.8) is 0 Å². The predicted molar refractivity (Wildman–Crippen MR) is 122 cm³/mol. The van der Waals surface area contributed by atoms with Crippen LogP contribution in [0.3, 0.4) is 0 Å². The number of aromatic nitrogens is 3. The Bertz CT molecular complexity index is 1400. The number of carbonyl (C=O) groups excluding carboxylic acids is 1. The summed E-state index contributed by atoms with van der Waals surface area (Å²) in [6, 6.07) is 20.7. The summed E-state index contributed by atoms with van der Waals surface area (Å²) in [7, 11) is 0. The Balaban J connectivity index is 1.54. The molecule has 0 radical (unpaired) electrons. The molecular formula is C23H14ClFN4OS. The number of anilines is 1. The van der Waals surface area contributed by atoms with E-state index in [0.29, 0.717) is 27.0 Å². The van der Waals surface area contributed by atoms with E-state index in [0.717, 1.165) is 15.9 Å². The van der Waals surface area contributed by atoms with E-state index in [4.69, 9.17) is 11.6 Å². The van der Waals surface area contributed by atoms with Gasteiger partial charge in [-0.25, -0.2) is 14.1 Å². The normalized spacial score (nSPS) is 11.0. The van der Waals surface area contributed by atoms with Gasteiger partial charge in [0.15, 0.2) is 5.13 Å². The van der Waals surface area contributed by atoms with Crippen molar-refractivity contribution in [3.8, 4) is 16.9 Å². The molecule has 5 aromatic rings. The highest BCUT2D eigenvalue weighted by molar-refractivity contribution is 7.22. The number of hydrogen-bond donors (Lipinski definition) is 1. The molecule has 2 aromatic heterocycles. The lowest BCUT2D eigenvalue weighted by Crippen LogP contribution is -2.12. The summed E-state index contributed by atoms with van der Waals surface area (Å²) in [6.45, 7) is 0. The lowest BCUT2D eigenvalue weighted by molar-refractivity contribution is 0.102. The molecule has 0 atom stereocenters. The molecule has 0 aliphatic rings. The summed E-state index contributed by atoms with van der Waals surface area (Å²) in [5, 5.41) is 8.51. The van der Waals surface area contributed by atoms with Crippen LogP contribution in [0.5, 0.6) is 0 Å². The zero-order valence-corrected chi connectivity index (χ0v) is 17.5. The molecule has 3 aromatic carbocycles. The fourth-order valence-electron chi connectivity index (χ4n) is 3.19. The molecule has 1 amide bonds. The van der Waals surface area contributed by atoms with Crippen molar-refractivity contribution in [2.24, 2.45) is 0 Å². The van der Waals surface area contributed by atoms with Gasteiger partial charge in [-0.15, -0.1) is 0 Å². The van der Waals surface area contributed by atoms with Crippen molar-refractivity contribution in [2.75, 3.05) is 5.32 Å². The second-order valence-corrected chi connectivity index (χ2v) is 8.23. The van der Waals surface area contributed by atoms with Crippen molar-refractivity contribution < 1.29 is 9.18 Å². The molecule has 152 valence electrons. The van der Waals surface area contributed by atoms with E-state index in [1.54, 1.807) is 35.1 Å². The molecular weight excluding hydrogens is 435 g/mol. The van der Waals surface area contributed by atoms with E-state index >= 15 is 0 Å². The number of hydrogen-bond acceptors (Lipinski definition) is 4. The Labute approximate surface area is 185 Å². The highest BCUT2D eigenvalue weighted by Crippen LogP contribution is 2.30. The zero-order valence-electron chi connectivity index (χ0n) is 15.9. The molecule has 0 saturated heterocycles. The number of halogens is 2. The Hall–Kier alpha value is -3.55. The lowest BCUT2D eigenvalue weighted by Gasteiger charge is -2.02. The maximum absolute atomic E-state index is 13.4. The zero-order chi connectivity index (χ0) is 21.4. The molecule has 0 unspecified atom stereocenters. The quantitative estimate of drug-likeness (QED) is 0.356. The maximum atomic E-state index is 13.4. The van der Waals surface area contributed by atoms with E-state index in [9.17, 15) is 9.18 Å². The van der Waals surface area contributed by atoms with Gasteiger partial charge in [-0.05, 0) is 54.6 Å². The number of rotatable bonds is 4. The van der Waals surface area contributed by atoms with Gasteiger partial charge in [0.2, 0.25) is 0 Å². The Morgan fingerprint density at radius 1 is 1.03 bits per heavy atom. The minimum atomic E-state index is -0.356. The monoisotopic (exact) mass is 448 g/mol. The number of fused-ring (bicyclic) bond motifs is 1. The average molecular weight is 449 g/mol. The van der Waals surface area contributed by atoms with Gasteiger partial charge in [0.1, 0.15) is 11.5 Å². The van der Waals surface area contributed by atoms with Crippen molar-refractivity contribution in [3.05, 3.63) is 95.4 Å². The van der Waals surface area contributed by atoms with Crippen LogP contribution in [0.25, 0.3) is 27.2 Å². The van der Waals surface area contributed by atoms with Crippen LogP contribution in [-0.2, 0) is 0 Å². The second kappa shape index (κ2) is 7.94. The number of nitrogens with zero attached hydrogens (tertiary/aromatic N) is 3. The first kappa shape index (κ1) is 19.4. The summed E-state index contributed by atoms with van der Waals surface area (Å²) in [5.41, 5.74) is 3.00. The number of nitrogens with one attached hydrogen (secondary N) is 1. The number of thiazole rings is 1. The van der Waals surface area contributed by atoms with Gasteiger partial charge in [-0.2, -0.15) is 5.10 Å². The number of amides is 1. The largest absolute Gasteiger partial charge is 0.298 e. The van der Waals surface area contributed by atoms with Crippen LogP contribution in [0.2, 0.25) is 5.02 Å². The second-order valence-electron chi connectivity index (χ2n) is 6.76. The molecule has 1 N–H and O–H groups in total. The smallest absolute Gasteiger partial charge is 0.261 e. The van der Waals surface area contributed by atoms with Gasteiger partial charge in [-0.1, -0.05) is 41.1 Å². The first-order valence-corrected chi connectivity index (χ1v) is 10.5. The fourth-order valence-corrected chi connectivity index (χ4v) is 4.33. The average Bonchev–Trinajstić information content (AvgIpc) is 3.39. The van der Waals surface area contributed by atoms with E-state index < -0.39 is 0 Å². The molecule has 0 aliphatic carbocycles. The van der Waals surface area contributed by atoms with Crippen LogP contribution in [0.15, 0.2) is 79.0 Å². The van der Waals surface area contributed by atoms with Crippen molar-refractivity contribution in [1.82, 2.24) is 14.8 Å². The number of para-hydroxylation sites is 1. The van der Waals surface area contributed by atoms with Crippen LogP contribution in [0.1, 0.15) is 10.4 Å². The van der Waals surface area contributed by atoms with Gasteiger partial charge in [0.25, 0.3) is 5.91 Å². The Morgan fingerprint density at radius 3 is 2.58 bits per heavy atom. The topological polar surface area (TPSA) is 59.8 Å². The standard InChI is InChI=1S/C23H14ClFN4OS/c24-15-8-11-19-20(12-15)31-23(26-19)27-22(30)18-13-29(17-4-2-1-3-5-17)28-21(18)14-6-9-16(25)10-7-14/h1-13H,(H,26,27,30). The molecule has 0 spiro atoms. The third kappa shape index (κ3) is 3.93. The highest BCUT2D eigenvalue weighted by atomic mass is 35.5. The molecule has 5 nitrogen and oxygen atoms in total. The SMILES string of the molecule is O=C(Nc1nc2ccc(Cl)cc2s1)c1cn(-c2ccccc2)nc1-c1ccc(F)cc1. The lowest BCUT2D eigenvalue weighted by atomic mass is 10.1. The third-order valence-corrected chi connectivity index (χ3v) is 5.84. The first-order chi connectivity index (χ1) is 15.1. The van der Waals surface area contributed by atoms with Crippen molar-refractivity contribution in [2.45, 2.75) is 0 Å². The fraction of sp³-hybridized carbons (Fsp3) is 0. The van der Waals surface area contributed by atoms with Crippen LogP contribution in [-0.4, -0.2) is 20.7 Å². The minimum Gasteiger partial charge on any atom is -0.298 e. The summed E-state index contributed by atoms with van der Waals surface area (Å²) in [4.78, 5) is 17.6. The van der Waals surface area contributed by atoms with Crippen molar-refractivity contribution in [1.29, 1.82) is 0 Å². The van der Waals surface area contributed by atoms with Gasteiger partial charge in [0.05, 0.1) is 21.5 Å². The molecule has 0 aliphatic heterocycles. The van der Waals surface area contributed by atoms with Crippen LogP contribution in [0, 0.1) is 5.82 Å². The third-order valence-electron chi connectivity index (χ3n) is 4.67. The highest BCUT2D eigenvalue weighted by Gasteiger charge is 2.20. The summed E-state index contributed by atoms with van der Waals surface area (Å²) in [5.74, 6) is -0.711. The number of benzene rings is 3. The summed E-state index contributed by atoms with van der Waals surface area (Å²) < 4.78 is 15.9. The molecule has 8 heteroatoms.